The minimum absolute atomic E-state index is 0.294. The summed E-state index contributed by atoms with van der Waals surface area (Å²) in [6.45, 7) is 6.55. The molecule has 1 atom stereocenters. The van der Waals surface area contributed by atoms with Crippen molar-refractivity contribution in [1.29, 1.82) is 5.26 Å². The largest absolute Gasteiger partial charge is 0.382 e. The van der Waals surface area contributed by atoms with E-state index in [1.165, 1.54) is 10.9 Å². The standard InChI is InChI=1S/C19H24N10/c1-4-9-23-19(22)29-17(21)16(13(3)27-29)25-26-18-14(10-20)11-24-28(18)15-7-5-12(2)6-8-15/h5-8,11,19,23H,4,9,21-22H2,1-3H3. The Morgan fingerprint density at radius 2 is 1.97 bits per heavy atom. The van der Waals surface area contributed by atoms with Crippen molar-refractivity contribution < 1.29 is 0 Å². The van der Waals surface area contributed by atoms with Gasteiger partial charge in [0.05, 0.1) is 17.6 Å². The Morgan fingerprint density at radius 3 is 2.62 bits per heavy atom. The molecule has 0 aliphatic carbocycles. The third-order valence-corrected chi connectivity index (χ3v) is 4.34. The van der Waals surface area contributed by atoms with Gasteiger partial charge in [0.25, 0.3) is 0 Å². The van der Waals surface area contributed by atoms with E-state index in [9.17, 15) is 5.26 Å². The molecule has 150 valence electrons. The first-order valence-electron chi connectivity index (χ1n) is 9.26. The summed E-state index contributed by atoms with van der Waals surface area (Å²) in [6, 6.07) is 9.81. The second-order valence-electron chi connectivity index (χ2n) is 6.60. The van der Waals surface area contributed by atoms with Crippen molar-refractivity contribution in [2.24, 2.45) is 16.0 Å². The molecule has 29 heavy (non-hydrogen) atoms. The first kappa shape index (κ1) is 20.2. The van der Waals surface area contributed by atoms with Gasteiger partial charge in [-0.3, -0.25) is 11.1 Å². The third kappa shape index (κ3) is 4.16. The summed E-state index contributed by atoms with van der Waals surface area (Å²) in [7, 11) is 0. The number of azo groups is 1. The fourth-order valence-electron chi connectivity index (χ4n) is 2.76. The molecule has 0 saturated carbocycles. The van der Waals surface area contributed by atoms with Crippen molar-refractivity contribution in [1.82, 2.24) is 24.9 Å². The predicted molar refractivity (Wildman–Crippen MR) is 110 cm³/mol. The van der Waals surface area contributed by atoms with Gasteiger partial charge in [-0.1, -0.05) is 24.6 Å². The van der Waals surface area contributed by atoms with Crippen LogP contribution in [0.3, 0.4) is 0 Å². The SMILES string of the molecule is CCCNC(N)n1nc(C)c(N=Nc2c(C#N)cnn2-c2ccc(C)cc2)c1N. The number of benzene rings is 1. The zero-order chi connectivity index (χ0) is 21.0. The molecule has 0 aliphatic heterocycles. The molecule has 0 amide bonds. The fourth-order valence-corrected chi connectivity index (χ4v) is 2.76. The predicted octanol–water partition coefficient (Wildman–Crippen LogP) is 2.97. The molecule has 0 aliphatic rings. The maximum Gasteiger partial charge on any atom is 0.195 e. The van der Waals surface area contributed by atoms with Crippen LogP contribution in [0.5, 0.6) is 0 Å². The zero-order valence-corrected chi connectivity index (χ0v) is 16.7. The van der Waals surface area contributed by atoms with Gasteiger partial charge in [0, 0.05) is 0 Å². The lowest BCUT2D eigenvalue weighted by Crippen LogP contribution is -2.35. The molecule has 1 unspecified atom stereocenters. The Hall–Kier alpha value is -3.55. The van der Waals surface area contributed by atoms with E-state index >= 15 is 0 Å². The van der Waals surface area contributed by atoms with E-state index in [2.05, 4.69) is 31.8 Å². The minimum atomic E-state index is -0.564. The molecule has 2 heterocycles. The highest BCUT2D eigenvalue weighted by Crippen LogP contribution is 2.31. The Balaban J connectivity index is 1.97. The molecule has 1 aromatic carbocycles. The van der Waals surface area contributed by atoms with Gasteiger partial charge in [0.15, 0.2) is 23.6 Å². The topological polar surface area (TPSA) is 148 Å². The highest BCUT2D eigenvalue weighted by Gasteiger charge is 2.18. The highest BCUT2D eigenvalue weighted by atomic mass is 15.4. The lowest BCUT2D eigenvalue weighted by atomic mass is 10.2. The van der Waals surface area contributed by atoms with Crippen LogP contribution < -0.4 is 16.8 Å². The molecule has 0 spiro atoms. The number of nitriles is 1. The van der Waals surface area contributed by atoms with Crippen molar-refractivity contribution in [3.63, 3.8) is 0 Å². The van der Waals surface area contributed by atoms with Crippen molar-refractivity contribution in [2.45, 2.75) is 33.5 Å². The Labute approximate surface area is 168 Å². The van der Waals surface area contributed by atoms with Gasteiger partial charge in [-0.05, 0) is 38.9 Å². The maximum atomic E-state index is 9.42. The summed E-state index contributed by atoms with van der Waals surface area (Å²) in [6.07, 6.45) is 1.82. The number of hydrogen-bond acceptors (Lipinski definition) is 8. The molecule has 0 bridgehead atoms. The van der Waals surface area contributed by atoms with Crippen LogP contribution in [0.4, 0.5) is 17.3 Å². The van der Waals surface area contributed by atoms with Gasteiger partial charge in [-0.25, -0.2) is 9.36 Å². The first-order chi connectivity index (χ1) is 14.0. The van der Waals surface area contributed by atoms with Crippen LogP contribution in [-0.4, -0.2) is 26.1 Å². The molecule has 2 aromatic heterocycles. The average molecular weight is 392 g/mol. The van der Waals surface area contributed by atoms with Crippen LogP contribution in [0.25, 0.3) is 5.69 Å². The number of aryl methyl sites for hydroxylation is 2. The van der Waals surface area contributed by atoms with Crippen molar-refractivity contribution in [3.8, 4) is 11.8 Å². The molecular weight excluding hydrogens is 368 g/mol. The summed E-state index contributed by atoms with van der Waals surface area (Å²) in [4.78, 5) is 0. The normalized spacial score (nSPS) is 12.4. The number of nitrogens with two attached hydrogens (primary N) is 2. The number of rotatable bonds is 7. The van der Waals surface area contributed by atoms with E-state index in [4.69, 9.17) is 11.5 Å². The van der Waals surface area contributed by atoms with E-state index in [-0.39, 0.29) is 0 Å². The second-order valence-corrected chi connectivity index (χ2v) is 6.60. The van der Waals surface area contributed by atoms with Crippen molar-refractivity contribution in [2.75, 3.05) is 12.3 Å². The highest BCUT2D eigenvalue weighted by molar-refractivity contribution is 5.61. The molecule has 0 saturated heterocycles. The number of nitrogens with zero attached hydrogens (tertiary/aromatic N) is 7. The summed E-state index contributed by atoms with van der Waals surface area (Å²) in [5, 5.41) is 29.7. The number of anilines is 1. The van der Waals surface area contributed by atoms with Gasteiger partial charge < -0.3 is 5.73 Å². The monoisotopic (exact) mass is 392 g/mol. The molecule has 10 heteroatoms. The van der Waals surface area contributed by atoms with E-state index in [0.717, 1.165) is 24.2 Å². The number of nitrogen functional groups attached to an aromatic ring is 1. The molecule has 5 N–H and O–H groups in total. The molecular formula is C19H24N10. The number of aromatic nitrogens is 4. The molecule has 3 aromatic rings. The van der Waals surface area contributed by atoms with E-state index in [1.54, 1.807) is 11.6 Å². The van der Waals surface area contributed by atoms with Crippen LogP contribution in [0, 0.1) is 25.2 Å². The van der Waals surface area contributed by atoms with Crippen LogP contribution in [0.15, 0.2) is 40.7 Å². The van der Waals surface area contributed by atoms with E-state index in [0.29, 0.717) is 28.6 Å². The zero-order valence-electron chi connectivity index (χ0n) is 16.7. The van der Waals surface area contributed by atoms with Crippen molar-refractivity contribution in [3.05, 3.63) is 47.3 Å². The summed E-state index contributed by atoms with van der Waals surface area (Å²) in [5.74, 6) is 0.610. The van der Waals surface area contributed by atoms with Crippen LogP contribution in [0.2, 0.25) is 0 Å². The molecule has 0 radical (unpaired) electrons. The first-order valence-corrected chi connectivity index (χ1v) is 9.26. The summed E-state index contributed by atoms with van der Waals surface area (Å²) >= 11 is 0. The maximum absolute atomic E-state index is 9.42. The lowest BCUT2D eigenvalue weighted by molar-refractivity contribution is 0.386. The minimum Gasteiger partial charge on any atom is -0.382 e. The average Bonchev–Trinajstić information content (AvgIpc) is 3.25. The van der Waals surface area contributed by atoms with Gasteiger partial charge in [-0.2, -0.15) is 15.5 Å². The van der Waals surface area contributed by atoms with Gasteiger partial charge >= 0.3 is 0 Å². The second kappa shape index (κ2) is 8.64. The fraction of sp³-hybridized carbons (Fsp3) is 0.316. The van der Waals surface area contributed by atoms with Crippen LogP contribution >= 0.6 is 0 Å². The smallest absolute Gasteiger partial charge is 0.195 e. The summed E-state index contributed by atoms with van der Waals surface area (Å²) < 4.78 is 3.04. The molecule has 10 nitrogen and oxygen atoms in total. The summed E-state index contributed by atoms with van der Waals surface area (Å²) in [5.41, 5.74) is 15.5. The van der Waals surface area contributed by atoms with Crippen molar-refractivity contribution >= 4 is 17.3 Å². The van der Waals surface area contributed by atoms with Gasteiger partial charge in [-0.15, -0.1) is 10.2 Å². The number of hydrogen-bond donors (Lipinski definition) is 3. The lowest BCUT2D eigenvalue weighted by Gasteiger charge is -2.14. The molecule has 3 rings (SSSR count). The quantitative estimate of drug-likeness (QED) is 0.416. The third-order valence-electron chi connectivity index (χ3n) is 4.34. The van der Waals surface area contributed by atoms with Gasteiger partial charge in [0.1, 0.15) is 11.6 Å². The Kier molecular flexibility index (Phi) is 6.01. The molecule has 0 fully saturated rings. The van der Waals surface area contributed by atoms with Crippen LogP contribution in [0.1, 0.15) is 36.5 Å². The van der Waals surface area contributed by atoms with E-state index in [1.807, 2.05) is 38.1 Å². The van der Waals surface area contributed by atoms with E-state index < -0.39 is 6.29 Å². The van der Waals surface area contributed by atoms with Gasteiger partial charge in [0.2, 0.25) is 0 Å². The Bertz CT molecular complexity index is 1050. The Morgan fingerprint density at radius 1 is 1.24 bits per heavy atom. The van der Waals surface area contributed by atoms with Crippen LogP contribution in [-0.2, 0) is 0 Å². The number of nitrogens with one attached hydrogen (secondary N) is 1.